The first-order chi connectivity index (χ1) is 9.83. The van der Waals surface area contributed by atoms with Crippen molar-refractivity contribution in [2.75, 3.05) is 20.6 Å². The lowest BCUT2D eigenvalue weighted by Gasteiger charge is -2.45. The predicted octanol–water partition coefficient (Wildman–Crippen LogP) is 3.54. The van der Waals surface area contributed by atoms with Crippen molar-refractivity contribution in [2.45, 2.75) is 43.4 Å². The molecular formula is C16H23F3N2. The summed E-state index contributed by atoms with van der Waals surface area (Å²) in [6.07, 6.45) is -0.846. The van der Waals surface area contributed by atoms with E-state index < -0.39 is 12.7 Å². The van der Waals surface area contributed by atoms with Crippen LogP contribution in [0.25, 0.3) is 0 Å². The molecule has 1 aliphatic carbocycles. The minimum Gasteiger partial charge on any atom is -0.306 e. The Labute approximate surface area is 124 Å². The fourth-order valence-corrected chi connectivity index (χ4v) is 3.30. The van der Waals surface area contributed by atoms with Gasteiger partial charge >= 0.3 is 6.18 Å². The zero-order valence-electron chi connectivity index (χ0n) is 12.6. The maximum atomic E-state index is 12.3. The molecule has 1 fully saturated rings. The number of nitrogens with zero attached hydrogens (tertiary/aromatic N) is 1. The zero-order chi connectivity index (χ0) is 15.5. The Kier molecular flexibility index (Phi) is 4.94. The monoisotopic (exact) mass is 300 g/mol. The third-order valence-corrected chi connectivity index (χ3v) is 4.57. The summed E-state index contributed by atoms with van der Waals surface area (Å²) >= 11 is 0. The molecule has 0 spiro atoms. The Morgan fingerprint density at radius 1 is 1.14 bits per heavy atom. The Morgan fingerprint density at radius 2 is 1.71 bits per heavy atom. The molecule has 0 aliphatic heterocycles. The molecule has 5 heteroatoms. The van der Waals surface area contributed by atoms with Gasteiger partial charge in [0.2, 0.25) is 0 Å². The van der Waals surface area contributed by atoms with Crippen LogP contribution in [0.15, 0.2) is 30.3 Å². The van der Waals surface area contributed by atoms with Crippen molar-refractivity contribution in [3.05, 3.63) is 35.9 Å². The topological polar surface area (TPSA) is 15.3 Å². The average molecular weight is 300 g/mol. The molecule has 0 radical (unpaired) electrons. The average Bonchev–Trinajstić information content (AvgIpc) is 2.45. The van der Waals surface area contributed by atoms with E-state index in [0.717, 1.165) is 25.7 Å². The largest absolute Gasteiger partial charge is 0.401 e. The molecular weight excluding hydrogens is 277 g/mol. The number of alkyl halides is 3. The van der Waals surface area contributed by atoms with Crippen LogP contribution in [0.4, 0.5) is 13.2 Å². The fourth-order valence-electron chi connectivity index (χ4n) is 3.30. The van der Waals surface area contributed by atoms with Crippen molar-refractivity contribution in [3.8, 4) is 0 Å². The molecule has 1 aromatic rings. The van der Waals surface area contributed by atoms with Crippen molar-refractivity contribution in [3.63, 3.8) is 0 Å². The first-order valence-electron chi connectivity index (χ1n) is 7.37. The van der Waals surface area contributed by atoms with Gasteiger partial charge in [0, 0.05) is 11.6 Å². The van der Waals surface area contributed by atoms with Gasteiger partial charge in [-0.15, -0.1) is 0 Å². The molecule has 0 saturated heterocycles. The predicted molar refractivity (Wildman–Crippen MR) is 78.1 cm³/mol. The molecule has 0 atom stereocenters. The molecule has 1 saturated carbocycles. The van der Waals surface area contributed by atoms with Gasteiger partial charge in [-0.3, -0.25) is 4.90 Å². The van der Waals surface area contributed by atoms with E-state index in [2.05, 4.69) is 36.4 Å². The van der Waals surface area contributed by atoms with E-state index >= 15 is 0 Å². The minimum absolute atomic E-state index is 0.0385. The van der Waals surface area contributed by atoms with Gasteiger partial charge < -0.3 is 5.32 Å². The van der Waals surface area contributed by atoms with Crippen LogP contribution in [-0.2, 0) is 5.54 Å². The van der Waals surface area contributed by atoms with Gasteiger partial charge in [-0.05, 0) is 45.3 Å². The molecule has 0 unspecified atom stereocenters. The van der Waals surface area contributed by atoms with Gasteiger partial charge in [0.1, 0.15) is 0 Å². The summed E-state index contributed by atoms with van der Waals surface area (Å²) in [6.45, 7) is -0.891. The highest BCUT2D eigenvalue weighted by Crippen LogP contribution is 2.41. The van der Waals surface area contributed by atoms with Crippen LogP contribution in [0, 0.1) is 0 Å². The number of nitrogens with one attached hydrogen (secondary N) is 1. The van der Waals surface area contributed by atoms with Gasteiger partial charge in [0.25, 0.3) is 0 Å². The zero-order valence-corrected chi connectivity index (χ0v) is 12.6. The Morgan fingerprint density at radius 3 is 2.19 bits per heavy atom. The van der Waals surface area contributed by atoms with E-state index in [1.54, 1.807) is 0 Å². The summed E-state index contributed by atoms with van der Waals surface area (Å²) in [5, 5.41) is 2.65. The van der Waals surface area contributed by atoms with Crippen LogP contribution in [0.3, 0.4) is 0 Å². The smallest absolute Gasteiger partial charge is 0.306 e. The van der Waals surface area contributed by atoms with Crippen LogP contribution in [0.1, 0.15) is 31.2 Å². The Hall–Kier alpha value is -1.07. The lowest BCUT2D eigenvalue weighted by Crippen LogP contribution is -2.48. The minimum atomic E-state index is -4.13. The number of rotatable bonds is 4. The van der Waals surface area contributed by atoms with E-state index in [-0.39, 0.29) is 11.6 Å². The molecule has 2 rings (SSSR count). The highest BCUT2D eigenvalue weighted by molar-refractivity contribution is 5.25. The van der Waals surface area contributed by atoms with Gasteiger partial charge in [-0.2, -0.15) is 13.2 Å². The van der Waals surface area contributed by atoms with Crippen molar-refractivity contribution in [1.82, 2.24) is 10.2 Å². The first kappa shape index (κ1) is 16.3. The van der Waals surface area contributed by atoms with Crippen molar-refractivity contribution < 1.29 is 13.2 Å². The van der Waals surface area contributed by atoms with Crippen molar-refractivity contribution >= 4 is 0 Å². The maximum absolute atomic E-state index is 12.3. The molecule has 0 bridgehead atoms. The lowest BCUT2D eigenvalue weighted by molar-refractivity contribution is -0.127. The van der Waals surface area contributed by atoms with Gasteiger partial charge in [-0.1, -0.05) is 30.3 Å². The van der Waals surface area contributed by atoms with Crippen LogP contribution in [0.2, 0.25) is 0 Å². The second-order valence-electron chi connectivity index (χ2n) is 6.06. The quantitative estimate of drug-likeness (QED) is 0.915. The molecule has 21 heavy (non-hydrogen) atoms. The first-order valence-corrected chi connectivity index (χ1v) is 7.37. The van der Waals surface area contributed by atoms with E-state index in [9.17, 15) is 13.2 Å². The summed E-state index contributed by atoms with van der Waals surface area (Å²) in [5.74, 6) is 0. The summed E-state index contributed by atoms with van der Waals surface area (Å²) in [6, 6.07) is 10.2. The van der Waals surface area contributed by atoms with Crippen molar-refractivity contribution in [1.29, 1.82) is 0 Å². The normalized spacial score (nSPS) is 27.0. The van der Waals surface area contributed by atoms with Crippen LogP contribution >= 0.6 is 0 Å². The second kappa shape index (κ2) is 6.36. The maximum Gasteiger partial charge on any atom is 0.401 e. The van der Waals surface area contributed by atoms with E-state index in [1.165, 1.54) is 5.56 Å². The highest BCUT2D eigenvalue weighted by Gasteiger charge is 2.39. The molecule has 1 aliphatic rings. The Balaban J connectivity index is 2.02. The summed E-state index contributed by atoms with van der Waals surface area (Å²) in [5.41, 5.74) is 1.20. The van der Waals surface area contributed by atoms with Crippen LogP contribution in [-0.4, -0.2) is 37.8 Å². The summed E-state index contributed by atoms with van der Waals surface area (Å²) < 4.78 is 36.9. The van der Waals surface area contributed by atoms with Gasteiger partial charge in [0.15, 0.2) is 0 Å². The second-order valence-corrected chi connectivity index (χ2v) is 6.06. The number of hydrogen-bond donors (Lipinski definition) is 1. The summed E-state index contributed by atoms with van der Waals surface area (Å²) in [4.78, 5) is 2.21. The van der Waals surface area contributed by atoms with Crippen molar-refractivity contribution in [2.24, 2.45) is 0 Å². The van der Waals surface area contributed by atoms with E-state index in [1.807, 2.05) is 18.2 Å². The molecule has 1 N–H and O–H groups in total. The number of hydrogen-bond acceptors (Lipinski definition) is 2. The third-order valence-electron chi connectivity index (χ3n) is 4.57. The lowest BCUT2D eigenvalue weighted by atomic mass is 9.74. The Bertz CT molecular complexity index is 435. The van der Waals surface area contributed by atoms with E-state index in [4.69, 9.17) is 0 Å². The SMILES string of the molecule is CN(C)C1(c2ccccc2)CCC(NCC(F)(F)F)CC1. The van der Waals surface area contributed by atoms with Gasteiger partial charge in [0.05, 0.1) is 6.54 Å². The van der Waals surface area contributed by atoms with Crippen LogP contribution < -0.4 is 5.32 Å². The molecule has 2 nitrogen and oxygen atoms in total. The van der Waals surface area contributed by atoms with Gasteiger partial charge in [-0.25, -0.2) is 0 Å². The molecule has 1 aromatic carbocycles. The summed E-state index contributed by atoms with van der Waals surface area (Å²) in [7, 11) is 4.10. The number of benzene rings is 1. The molecule has 0 amide bonds. The molecule has 118 valence electrons. The fraction of sp³-hybridized carbons (Fsp3) is 0.625. The van der Waals surface area contributed by atoms with E-state index in [0.29, 0.717) is 0 Å². The molecule has 0 aromatic heterocycles. The standard InChI is InChI=1S/C16H23F3N2/c1-21(2)15(13-6-4-3-5-7-13)10-8-14(9-11-15)20-12-16(17,18)19/h3-7,14,20H,8-12H2,1-2H3. The van der Waals surface area contributed by atoms with Crippen LogP contribution in [0.5, 0.6) is 0 Å². The molecule has 0 heterocycles. The highest BCUT2D eigenvalue weighted by atomic mass is 19.4. The third kappa shape index (κ3) is 3.98. The number of halogens is 3.